The van der Waals surface area contributed by atoms with E-state index in [2.05, 4.69) is 30.9 Å². The molecule has 0 saturated heterocycles. The highest BCUT2D eigenvalue weighted by Crippen LogP contribution is 2.31. The fourth-order valence-corrected chi connectivity index (χ4v) is 2.33. The zero-order valence-electron chi connectivity index (χ0n) is 9.71. The number of nitrogen functional groups attached to an aromatic ring is 1. The Morgan fingerprint density at radius 2 is 2.20 bits per heavy atom. The third kappa shape index (κ3) is 1.94. The van der Waals surface area contributed by atoms with Crippen molar-refractivity contribution in [3.63, 3.8) is 0 Å². The fourth-order valence-electron chi connectivity index (χ4n) is 2.33. The van der Waals surface area contributed by atoms with Crippen LogP contribution in [0.3, 0.4) is 0 Å². The molecule has 2 heteroatoms. The molecule has 1 aromatic carbocycles. The molecule has 2 nitrogen and oxygen atoms in total. The van der Waals surface area contributed by atoms with Crippen molar-refractivity contribution in [1.82, 2.24) is 0 Å². The average molecular weight is 204 g/mol. The van der Waals surface area contributed by atoms with Crippen LogP contribution < -0.4 is 10.6 Å². The Balaban J connectivity index is 2.38. The number of nitrogens with zero attached hydrogens (tertiary/aromatic N) is 1. The summed E-state index contributed by atoms with van der Waals surface area (Å²) in [5.41, 5.74) is 10.9. The van der Waals surface area contributed by atoms with Gasteiger partial charge in [0.1, 0.15) is 0 Å². The minimum absolute atomic E-state index is 0.937. The van der Waals surface area contributed by atoms with Gasteiger partial charge < -0.3 is 10.6 Å². The Morgan fingerprint density at radius 1 is 1.40 bits per heavy atom. The minimum Gasteiger partial charge on any atom is -0.399 e. The Labute approximate surface area is 92.1 Å². The van der Waals surface area contributed by atoms with Crippen LogP contribution in [0.15, 0.2) is 12.1 Å². The average Bonchev–Trinajstić information content (AvgIpc) is 2.21. The second-order valence-electron chi connectivity index (χ2n) is 4.43. The number of hydrogen-bond acceptors (Lipinski definition) is 2. The second-order valence-corrected chi connectivity index (χ2v) is 4.43. The predicted molar refractivity (Wildman–Crippen MR) is 66.4 cm³/mol. The summed E-state index contributed by atoms with van der Waals surface area (Å²) in [7, 11) is 0. The molecule has 0 bridgehead atoms. The Morgan fingerprint density at radius 3 is 2.93 bits per heavy atom. The third-order valence-electron chi connectivity index (χ3n) is 3.18. The van der Waals surface area contributed by atoms with Crippen LogP contribution in [0.25, 0.3) is 0 Å². The van der Waals surface area contributed by atoms with E-state index < -0.39 is 0 Å². The molecule has 1 aliphatic rings. The molecule has 82 valence electrons. The van der Waals surface area contributed by atoms with Crippen molar-refractivity contribution in [2.75, 3.05) is 23.7 Å². The maximum Gasteiger partial charge on any atom is 0.0402 e. The quantitative estimate of drug-likeness (QED) is 0.750. The van der Waals surface area contributed by atoms with Crippen molar-refractivity contribution in [1.29, 1.82) is 0 Å². The Hall–Kier alpha value is -1.18. The standard InChI is InChI=1S/C13H20N2/c1-3-6-15-7-4-5-11-9-12(14)10(2)8-13(11)15/h8-9H,3-7,14H2,1-2H3. The number of benzene rings is 1. The molecule has 2 rings (SSSR count). The highest BCUT2D eigenvalue weighted by atomic mass is 15.1. The summed E-state index contributed by atoms with van der Waals surface area (Å²) >= 11 is 0. The lowest BCUT2D eigenvalue weighted by Crippen LogP contribution is -2.30. The van der Waals surface area contributed by atoms with E-state index in [9.17, 15) is 0 Å². The third-order valence-corrected chi connectivity index (χ3v) is 3.18. The van der Waals surface area contributed by atoms with Crippen molar-refractivity contribution in [3.8, 4) is 0 Å². The van der Waals surface area contributed by atoms with E-state index in [1.54, 1.807) is 0 Å². The molecule has 0 spiro atoms. The number of hydrogen-bond donors (Lipinski definition) is 1. The van der Waals surface area contributed by atoms with Crippen LogP contribution in [-0.4, -0.2) is 13.1 Å². The maximum atomic E-state index is 5.94. The molecule has 0 aromatic heterocycles. The first-order valence-electron chi connectivity index (χ1n) is 5.86. The summed E-state index contributed by atoms with van der Waals surface area (Å²) in [6.07, 6.45) is 3.65. The molecular weight excluding hydrogens is 184 g/mol. The number of aryl methyl sites for hydroxylation is 2. The van der Waals surface area contributed by atoms with E-state index in [4.69, 9.17) is 5.73 Å². The van der Waals surface area contributed by atoms with E-state index in [0.29, 0.717) is 0 Å². The van der Waals surface area contributed by atoms with Gasteiger partial charge >= 0.3 is 0 Å². The lowest BCUT2D eigenvalue weighted by molar-refractivity contribution is 0.681. The number of nitrogens with two attached hydrogens (primary N) is 1. The van der Waals surface area contributed by atoms with Crippen molar-refractivity contribution in [2.45, 2.75) is 33.1 Å². The summed E-state index contributed by atoms with van der Waals surface area (Å²) in [6.45, 7) is 6.69. The first kappa shape index (κ1) is 10.3. The van der Waals surface area contributed by atoms with Gasteiger partial charge in [-0.1, -0.05) is 6.92 Å². The van der Waals surface area contributed by atoms with E-state index in [0.717, 1.165) is 12.2 Å². The van der Waals surface area contributed by atoms with Gasteiger partial charge in [-0.15, -0.1) is 0 Å². The topological polar surface area (TPSA) is 29.3 Å². The van der Waals surface area contributed by atoms with Crippen LogP contribution in [0.4, 0.5) is 11.4 Å². The first-order chi connectivity index (χ1) is 7.22. The van der Waals surface area contributed by atoms with Crippen molar-refractivity contribution >= 4 is 11.4 Å². The van der Waals surface area contributed by atoms with Crippen LogP contribution >= 0.6 is 0 Å². The molecule has 0 aliphatic carbocycles. The van der Waals surface area contributed by atoms with Gasteiger partial charge in [0, 0.05) is 24.5 Å². The SMILES string of the molecule is CCCN1CCCc2cc(N)c(C)cc21. The van der Waals surface area contributed by atoms with Gasteiger partial charge in [-0.25, -0.2) is 0 Å². The molecule has 1 aliphatic heterocycles. The molecule has 1 heterocycles. The maximum absolute atomic E-state index is 5.94. The fraction of sp³-hybridized carbons (Fsp3) is 0.538. The van der Waals surface area contributed by atoms with Crippen LogP contribution in [0.1, 0.15) is 30.9 Å². The molecule has 0 unspecified atom stereocenters. The highest BCUT2D eigenvalue weighted by molar-refractivity contribution is 5.64. The number of anilines is 2. The summed E-state index contributed by atoms with van der Waals surface area (Å²) in [6, 6.07) is 4.41. The van der Waals surface area contributed by atoms with E-state index in [1.807, 2.05) is 0 Å². The first-order valence-corrected chi connectivity index (χ1v) is 5.86. The molecule has 0 saturated carbocycles. The molecular formula is C13H20N2. The second kappa shape index (κ2) is 4.13. The molecule has 0 fully saturated rings. The van der Waals surface area contributed by atoms with E-state index in [1.165, 1.54) is 42.6 Å². The van der Waals surface area contributed by atoms with Crippen LogP contribution in [0.5, 0.6) is 0 Å². The van der Waals surface area contributed by atoms with Crippen LogP contribution in [-0.2, 0) is 6.42 Å². The van der Waals surface area contributed by atoms with Crippen molar-refractivity contribution < 1.29 is 0 Å². The summed E-state index contributed by atoms with van der Waals surface area (Å²) < 4.78 is 0. The zero-order valence-corrected chi connectivity index (χ0v) is 9.71. The van der Waals surface area contributed by atoms with Crippen LogP contribution in [0, 0.1) is 6.92 Å². The van der Waals surface area contributed by atoms with Crippen LogP contribution in [0.2, 0.25) is 0 Å². The lowest BCUT2D eigenvalue weighted by Gasteiger charge is -2.31. The highest BCUT2D eigenvalue weighted by Gasteiger charge is 2.16. The van der Waals surface area contributed by atoms with Gasteiger partial charge in [-0.2, -0.15) is 0 Å². The van der Waals surface area contributed by atoms with Crippen molar-refractivity contribution in [3.05, 3.63) is 23.3 Å². The molecule has 2 N–H and O–H groups in total. The van der Waals surface area contributed by atoms with Gasteiger partial charge in [-0.3, -0.25) is 0 Å². The van der Waals surface area contributed by atoms with Gasteiger partial charge in [0.2, 0.25) is 0 Å². The monoisotopic (exact) mass is 204 g/mol. The Bertz CT molecular complexity index is 358. The molecule has 15 heavy (non-hydrogen) atoms. The predicted octanol–water partition coefficient (Wildman–Crippen LogP) is 2.74. The zero-order chi connectivity index (χ0) is 10.8. The normalized spacial score (nSPS) is 15.2. The minimum atomic E-state index is 0.937. The van der Waals surface area contributed by atoms with Gasteiger partial charge in [0.15, 0.2) is 0 Å². The summed E-state index contributed by atoms with van der Waals surface area (Å²) in [5, 5.41) is 0. The molecule has 0 radical (unpaired) electrons. The van der Waals surface area contributed by atoms with Gasteiger partial charge in [0.25, 0.3) is 0 Å². The molecule has 0 amide bonds. The Kier molecular flexibility index (Phi) is 2.85. The van der Waals surface area contributed by atoms with E-state index in [-0.39, 0.29) is 0 Å². The van der Waals surface area contributed by atoms with E-state index >= 15 is 0 Å². The lowest BCUT2D eigenvalue weighted by atomic mass is 9.98. The summed E-state index contributed by atoms with van der Waals surface area (Å²) in [4.78, 5) is 2.49. The smallest absolute Gasteiger partial charge is 0.0402 e. The summed E-state index contributed by atoms with van der Waals surface area (Å²) in [5.74, 6) is 0. The van der Waals surface area contributed by atoms with Gasteiger partial charge in [-0.05, 0) is 49.4 Å². The largest absolute Gasteiger partial charge is 0.399 e. The van der Waals surface area contributed by atoms with Gasteiger partial charge in [0.05, 0.1) is 0 Å². The van der Waals surface area contributed by atoms with Crippen molar-refractivity contribution in [2.24, 2.45) is 0 Å². The number of fused-ring (bicyclic) bond motifs is 1. The number of rotatable bonds is 2. The molecule has 0 atom stereocenters. The molecule has 1 aromatic rings.